The maximum atomic E-state index is 13.5. The lowest BCUT2D eigenvalue weighted by Gasteiger charge is -2.29. The van der Waals surface area contributed by atoms with Crippen molar-refractivity contribution in [2.75, 3.05) is 24.6 Å². The van der Waals surface area contributed by atoms with Gasteiger partial charge in [0.2, 0.25) is 0 Å². The van der Waals surface area contributed by atoms with Gasteiger partial charge >= 0.3 is 0 Å². The Bertz CT molecular complexity index is 961. The molecule has 2 aliphatic rings. The molecule has 0 spiro atoms. The smallest absolute Gasteiger partial charge is 0.282 e. The van der Waals surface area contributed by atoms with Gasteiger partial charge in [0.15, 0.2) is 0 Å². The molecule has 2 heterocycles. The molecule has 2 aromatic rings. The summed E-state index contributed by atoms with van der Waals surface area (Å²) in [5.74, 6) is 0.183. The number of carbonyl (C=O) groups excluding carboxylic acids is 2. The molecule has 2 aromatic carbocycles. The van der Waals surface area contributed by atoms with Crippen LogP contribution in [0.4, 0.5) is 5.69 Å². The summed E-state index contributed by atoms with van der Waals surface area (Å²) in [6.45, 7) is 4.26. The SMILES string of the molecule is CCCOc1ccc(C2=C(N3CCCCC3)C(=O)N(c3ccc(Cl)cc3)C2=O)cc1. The zero-order valence-corrected chi connectivity index (χ0v) is 17.8. The van der Waals surface area contributed by atoms with E-state index in [0.717, 1.165) is 50.1 Å². The number of likely N-dealkylation sites (tertiary alicyclic amines) is 1. The Kier molecular flexibility index (Phi) is 6.09. The van der Waals surface area contributed by atoms with Gasteiger partial charge in [0.1, 0.15) is 11.4 Å². The molecule has 2 amide bonds. The van der Waals surface area contributed by atoms with Crippen LogP contribution >= 0.6 is 11.6 Å². The fourth-order valence-electron chi connectivity index (χ4n) is 3.95. The van der Waals surface area contributed by atoms with Crippen LogP contribution < -0.4 is 9.64 Å². The molecular weight excluding hydrogens is 400 g/mol. The van der Waals surface area contributed by atoms with Gasteiger partial charge in [0, 0.05) is 18.1 Å². The van der Waals surface area contributed by atoms with E-state index in [4.69, 9.17) is 16.3 Å². The van der Waals surface area contributed by atoms with E-state index in [0.29, 0.717) is 28.6 Å². The second-order valence-electron chi connectivity index (χ2n) is 7.57. The van der Waals surface area contributed by atoms with E-state index in [1.54, 1.807) is 24.3 Å². The first-order chi connectivity index (χ1) is 14.6. The lowest BCUT2D eigenvalue weighted by Crippen LogP contribution is -2.37. The number of hydrogen-bond donors (Lipinski definition) is 0. The summed E-state index contributed by atoms with van der Waals surface area (Å²) in [5, 5.41) is 0.560. The highest BCUT2D eigenvalue weighted by atomic mass is 35.5. The van der Waals surface area contributed by atoms with Gasteiger partial charge in [0.05, 0.1) is 17.9 Å². The maximum Gasteiger partial charge on any atom is 0.282 e. The number of ether oxygens (including phenoxy) is 1. The first kappa shape index (κ1) is 20.5. The Morgan fingerprint density at radius 3 is 2.20 bits per heavy atom. The standard InChI is InChI=1S/C24H25ClN2O3/c1-2-16-30-20-12-6-17(7-13-20)21-22(26-14-4-3-5-15-26)24(29)27(23(21)28)19-10-8-18(25)9-11-19/h6-13H,2-5,14-16H2,1H3. The third-order valence-electron chi connectivity index (χ3n) is 5.43. The number of amides is 2. The first-order valence-electron chi connectivity index (χ1n) is 10.5. The summed E-state index contributed by atoms with van der Waals surface area (Å²) < 4.78 is 5.66. The van der Waals surface area contributed by atoms with Crippen LogP contribution in [-0.4, -0.2) is 36.4 Å². The number of carbonyl (C=O) groups is 2. The Hall–Kier alpha value is -2.79. The highest BCUT2D eigenvalue weighted by Gasteiger charge is 2.42. The molecule has 0 saturated carbocycles. The minimum absolute atomic E-state index is 0.273. The number of halogens is 1. The summed E-state index contributed by atoms with van der Waals surface area (Å²) in [6.07, 6.45) is 4.10. The van der Waals surface area contributed by atoms with Crippen LogP contribution in [0, 0.1) is 0 Å². The van der Waals surface area contributed by atoms with Crippen molar-refractivity contribution in [3.63, 3.8) is 0 Å². The lowest BCUT2D eigenvalue weighted by atomic mass is 10.0. The largest absolute Gasteiger partial charge is 0.494 e. The molecule has 0 N–H and O–H groups in total. The summed E-state index contributed by atoms with van der Waals surface area (Å²) in [6, 6.07) is 14.2. The second kappa shape index (κ2) is 8.92. The second-order valence-corrected chi connectivity index (χ2v) is 8.00. The van der Waals surface area contributed by atoms with Gasteiger partial charge < -0.3 is 9.64 Å². The minimum atomic E-state index is -0.301. The Morgan fingerprint density at radius 2 is 1.57 bits per heavy atom. The number of rotatable bonds is 6. The average Bonchev–Trinajstić information content (AvgIpc) is 3.04. The van der Waals surface area contributed by atoms with Crippen molar-refractivity contribution in [3.05, 3.63) is 64.8 Å². The molecule has 4 rings (SSSR count). The van der Waals surface area contributed by atoms with E-state index >= 15 is 0 Å². The molecular formula is C24H25ClN2O3. The topological polar surface area (TPSA) is 49.9 Å². The highest BCUT2D eigenvalue weighted by molar-refractivity contribution is 6.45. The zero-order chi connectivity index (χ0) is 21.1. The van der Waals surface area contributed by atoms with Gasteiger partial charge in [-0.15, -0.1) is 0 Å². The van der Waals surface area contributed by atoms with E-state index in [9.17, 15) is 9.59 Å². The van der Waals surface area contributed by atoms with E-state index in [1.165, 1.54) is 4.90 Å². The number of piperidine rings is 1. The van der Waals surface area contributed by atoms with Crippen LogP contribution in [-0.2, 0) is 9.59 Å². The molecule has 0 radical (unpaired) electrons. The van der Waals surface area contributed by atoms with Crippen molar-refractivity contribution < 1.29 is 14.3 Å². The van der Waals surface area contributed by atoms with E-state index in [1.807, 2.05) is 24.3 Å². The predicted molar refractivity (Wildman–Crippen MR) is 119 cm³/mol. The van der Waals surface area contributed by atoms with Crippen LogP contribution in [0.5, 0.6) is 5.75 Å². The van der Waals surface area contributed by atoms with Crippen molar-refractivity contribution in [2.45, 2.75) is 32.6 Å². The molecule has 6 heteroatoms. The summed E-state index contributed by atoms with van der Waals surface area (Å²) in [5.41, 5.74) is 2.21. The van der Waals surface area contributed by atoms with Crippen LogP contribution in [0.2, 0.25) is 5.02 Å². The molecule has 0 bridgehead atoms. The van der Waals surface area contributed by atoms with Crippen molar-refractivity contribution in [1.29, 1.82) is 0 Å². The molecule has 0 aromatic heterocycles. The Balaban J connectivity index is 1.74. The van der Waals surface area contributed by atoms with E-state index in [-0.39, 0.29) is 11.8 Å². The van der Waals surface area contributed by atoms with Gasteiger partial charge in [-0.05, 0) is 67.6 Å². The number of hydrogen-bond acceptors (Lipinski definition) is 4. The number of imide groups is 1. The average molecular weight is 425 g/mol. The van der Waals surface area contributed by atoms with Crippen molar-refractivity contribution >= 4 is 34.7 Å². The Morgan fingerprint density at radius 1 is 0.900 bits per heavy atom. The van der Waals surface area contributed by atoms with Crippen LogP contribution in [0.3, 0.4) is 0 Å². The van der Waals surface area contributed by atoms with E-state index in [2.05, 4.69) is 11.8 Å². The maximum absolute atomic E-state index is 13.5. The fraction of sp³-hybridized carbons (Fsp3) is 0.333. The predicted octanol–water partition coefficient (Wildman–Crippen LogP) is 4.90. The summed E-state index contributed by atoms with van der Waals surface area (Å²) in [4.78, 5) is 30.2. The van der Waals surface area contributed by atoms with Crippen molar-refractivity contribution in [1.82, 2.24) is 4.90 Å². The molecule has 0 aliphatic carbocycles. The van der Waals surface area contributed by atoms with Gasteiger partial charge in [-0.1, -0.05) is 30.7 Å². The minimum Gasteiger partial charge on any atom is -0.494 e. The molecule has 2 aliphatic heterocycles. The van der Waals surface area contributed by atoms with Gasteiger partial charge in [-0.2, -0.15) is 0 Å². The first-order valence-corrected chi connectivity index (χ1v) is 10.8. The molecule has 5 nitrogen and oxygen atoms in total. The molecule has 1 saturated heterocycles. The van der Waals surface area contributed by atoms with Gasteiger partial charge in [0.25, 0.3) is 11.8 Å². The summed E-state index contributed by atoms with van der Waals surface area (Å²) in [7, 11) is 0. The van der Waals surface area contributed by atoms with Crippen LogP contribution in [0.1, 0.15) is 38.2 Å². The molecule has 1 fully saturated rings. The third-order valence-corrected chi connectivity index (χ3v) is 5.68. The monoisotopic (exact) mass is 424 g/mol. The number of benzene rings is 2. The highest BCUT2D eigenvalue weighted by Crippen LogP contribution is 2.36. The molecule has 0 atom stereocenters. The normalized spacial score (nSPS) is 17.1. The summed E-state index contributed by atoms with van der Waals surface area (Å²) >= 11 is 6.00. The van der Waals surface area contributed by atoms with Crippen LogP contribution in [0.15, 0.2) is 54.2 Å². The Labute approximate surface area is 181 Å². The van der Waals surface area contributed by atoms with E-state index < -0.39 is 0 Å². The quantitative estimate of drug-likeness (QED) is 0.619. The number of anilines is 1. The van der Waals surface area contributed by atoms with Crippen molar-refractivity contribution in [3.8, 4) is 5.75 Å². The van der Waals surface area contributed by atoms with Gasteiger partial charge in [-0.3, -0.25) is 9.59 Å². The third kappa shape index (κ3) is 3.94. The fourth-order valence-corrected chi connectivity index (χ4v) is 4.08. The molecule has 0 unspecified atom stereocenters. The van der Waals surface area contributed by atoms with Crippen molar-refractivity contribution in [2.24, 2.45) is 0 Å². The number of nitrogens with zero attached hydrogens (tertiary/aromatic N) is 2. The zero-order valence-electron chi connectivity index (χ0n) is 17.1. The lowest BCUT2D eigenvalue weighted by molar-refractivity contribution is -0.120. The van der Waals surface area contributed by atoms with Gasteiger partial charge in [-0.25, -0.2) is 4.90 Å². The molecule has 156 valence electrons. The van der Waals surface area contributed by atoms with Crippen LogP contribution in [0.25, 0.3) is 5.57 Å². The molecule has 30 heavy (non-hydrogen) atoms.